The molecule has 0 fully saturated rings. The standard InChI is InChI=1S/C19H23NO/c1-14(2)17-10-6-16(7-11-17)12-13-20-19(21)18-8-4-15(3)5-9-18/h4-11,14H,12-13H2,1-3H3,(H,20,21). The first-order valence-electron chi connectivity index (χ1n) is 7.50. The van der Waals surface area contributed by atoms with Gasteiger partial charge < -0.3 is 5.32 Å². The molecule has 0 aliphatic carbocycles. The van der Waals surface area contributed by atoms with Gasteiger partial charge in [0.25, 0.3) is 5.91 Å². The number of carbonyl (C=O) groups excluding carboxylic acids is 1. The van der Waals surface area contributed by atoms with Gasteiger partial charge in [0.15, 0.2) is 0 Å². The van der Waals surface area contributed by atoms with Gasteiger partial charge in [0, 0.05) is 12.1 Å². The number of nitrogens with one attached hydrogen (secondary N) is 1. The zero-order valence-corrected chi connectivity index (χ0v) is 13.0. The predicted octanol–water partition coefficient (Wildman–Crippen LogP) is 4.09. The highest BCUT2D eigenvalue weighted by molar-refractivity contribution is 5.94. The maximum Gasteiger partial charge on any atom is 0.251 e. The summed E-state index contributed by atoms with van der Waals surface area (Å²) in [7, 11) is 0. The van der Waals surface area contributed by atoms with Gasteiger partial charge in [-0.25, -0.2) is 0 Å². The van der Waals surface area contributed by atoms with Crippen LogP contribution >= 0.6 is 0 Å². The number of amides is 1. The lowest BCUT2D eigenvalue weighted by Crippen LogP contribution is -2.25. The van der Waals surface area contributed by atoms with Gasteiger partial charge in [-0.05, 0) is 42.5 Å². The minimum Gasteiger partial charge on any atom is -0.352 e. The molecule has 0 saturated heterocycles. The quantitative estimate of drug-likeness (QED) is 0.878. The Morgan fingerprint density at radius 1 is 1.00 bits per heavy atom. The van der Waals surface area contributed by atoms with Crippen LogP contribution in [-0.2, 0) is 6.42 Å². The van der Waals surface area contributed by atoms with Crippen molar-refractivity contribution in [2.75, 3.05) is 6.54 Å². The molecular weight excluding hydrogens is 258 g/mol. The van der Waals surface area contributed by atoms with E-state index in [1.54, 1.807) is 0 Å². The van der Waals surface area contributed by atoms with Gasteiger partial charge in [-0.2, -0.15) is 0 Å². The van der Waals surface area contributed by atoms with Crippen LogP contribution in [0.4, 0.5) is 0 Å². The van der Waals surface area contributed by atoms with E-state index in [-0.39, 0.29) is 5.91 Å². The van der Waals surface area contributed by atoms with Crippen molar-refractivity contribution >= 4 is 5.91 Å². The van der Waals surface area contributed by atoms with Crippen molar-refractivity contribution in [1.82, 2.24) is 5.32 Å². The fourth-order valence-electron chi connectivity index (χ4n) is 2.20. The summed E-state index contributed by atoms with van der Waals surface area (Å²) in [6.45, 7) is 7.06. The van der Waals surface area contributed by atoms with Gasteiger partial charge in [0.2, 0.25) is 0 Å². The van der Waals surface area contributed by atoms with Gasteiger partial charge in [0.05, 0.1) is 0 Å². The Hall–Kier alpha value is -2.09. The fourth-order valence-corrected chi connectivity index (χ4v) is 2.20. The van der Waals surface area contributed by atoms with Crippen molar-refractivity contribution in [3.8, 4) is 0 Å². The SMILES string of the molecule is Cc1ccc(C(=O)NCCc2ccc(C(C)C)cc2)cc1. The Labute approximate surface area is 127 Å². The molecule has 1 N–H and O–H groups in total. The summed E-state index contributed by atoms with van der Waals surface area (Å²) < 4.78 is 0. The van der Waals surface area contributed by atoms with Crippen LogP contribution in [-0.4, -0.2) is 12.5 Å². The van der Waals surface area contributed by atoms with Crippen molar-refractivity contribution in [3.63, 3.8) is 0 Å². The summed E-state index contributed by atoms with van der Waals surface area (Å²) in [6, 6.07) is 16.3. The van der Waals surface area contributed by atoms with Crippen molar-refractivity contribution in [1.29, 1.82) is 0 Å². The summed E-state index contributed by atoms with van der Waals surface area (Å²) in [5.41, 5.74) is 4.48. The topological polar surface area (TPSA) is 29.1 Å². The van der Waals surface area contributed by atoms with E-state index in [4.69, 9.17) is 0 Å². The Balaban J connectivity index is 1.83. The first kappa shape index (κ1) is 15.3. The highest BCUT2D eigenvalue weighted by Crippen LogP contribution is 2.14. The molecule has 0 radical (unpaired) electrons. The van der Waals surface area contributed by atoms with Gasteiger partial charge >= 0.3 is 0 Å². The van der Waals surface area contributed by atoms with E-state index >= 15 is 0 Å². The van der Waals surface area contributed by atoms with Crippen molar-refractivity contribution in [2.24, 2.45) is 0 Å². The van der Waals surface area contributed by atoms with Crippen LogP contribution in [0.2, 0.25) is 0 Å². The van der Waals surface area contributed by atoms with Crippen LogP contribution in [0.3, 0.4) is 0 Å². The molecule has 2 aromatic carbocycles. The highest BCUT2D eigenvalue weighted by Gasteiger charge is 2.04. The molecule has 2 nitrogen and oxygen atoms in total. The maximum atomic E-state index is 12.0. The van der Waals surface area contributed by atoms with E-state index in [1.165, 1.54) is 11.1 Å². The second kappa shape index (κ2) is 7.07. The van der Waals surface area contributed by atoms with Crippen LogP contribution in [0.15, 0.2) is 48.5 Å². The lowest BCUT2D eigenvalue weighted by molar-refractivity contribution is 0.0954. The monoisotopic (exact) mass is 281 g/mol. The molecule has 0 spiro atoms. The number of carbonyl (C=O) groups is 1. The van der Waals surface area contributed by atoms with E-state index in [0.29, 0.717) is 12.5 Å². The Morgan fingerprint density at radius 3 is 2.19 bits per heavy atom. The van der Waals surface area contributed by atoms with E-state index in [2.05, 4.69) is 43.4 Å². The van der Waals surface area contributed by atoms with Gasteiger partial charge in [-0.3, -0.25) is 4.79 Å². The normalized spacial score (nSPS) is 10.7. The Bertz CT molecular complexity index is 582. The number of hydrogen-bond acceptors (Lipinski definition) is 1. The van der Waals surface area contributed by atoms with Gasteiger partial charge in [0.1, 0.15) is 0 Å². The largest absolute Gasteiger partial charge is 0.352 e. The van der Waals surface area contributed by atoms with Gasteiger partial charge in [-0.1, -0.05) is 55.8 Å². The Kier molecular flexibility index (Phi) is 5.15. The second-order valence-corrected chi connectivity index (χ2v) is 5.77. The third kappa shape index (κ3) is 4.45. The Morgan fingerprint density at radius 2 is 1.62 bits per heavy atom. The molecule has 0 aliphatic heterocycles. The van der Waals surface area contributed by atoms with E-state index in [0.717, 1.165) is 17.5 Å². The van der Waals surface area contributed by atoms with E-state index < -0.39 is 0 Å². The molecule has 0 atom stereocenters. The smallest absolute Gasteiger partial charge is 0.251 e. The summed E-state index contributed by atoms with van der Waals surface area (Å²) in [6.07, 6.45) is 0.857. The molecule has 0 aromatic heterocycles. The molecule has 21 heavy (non-hydrogen) atoms. The first-order chi connectivity index (χ1) is 10.1. The van der Waals surface area contributed by atoms with Crippen LogP contribution in [0.5, 0.6) is 0 Å². The van der Waals surface area contributed by atoms with Crippen LogP contribution in [0, 0.1) is 6.92 Å². The van der Waals surface area contributed by atoms with Crippen molar-refractivity contribution < 1.29 is 4.79 Å². The van der Waals surface area contributed by atoms with Gasteiger partial charge in [-0.15, -0.1) is 0 Å². The predicted molar refractivity (Wildman–Crippen MR) is 87.7 cm³/mol. The molecular formula is C19H23NO. The maximum absolute atomic E-state index is 12.0. The zero-order chi connectivity index (χ0) is 15.2. The molecule has 0 bridgehead atoms. The van der Waals surface area contributed by atoms with Crippen LogP contribution < -0.4 is 5.32 Å². The van der Waals surface area contributed by atoms with E-state index in [1.807, 2.05) is 31.2 Å². The minimum atomic E-state index is -0.00574. The number of hydrogen-bond donors (Lipinski definition) is 1. The molecule has 0 unspecified atom stereocenters. The molecule has 0 aliphatic rings. The van der Waals surface area contributed by atoms with Crippen LogP contribution in [0.25, 0.3) is 0 Å². The van der Waals surface area contributed by atoms with Crippen LogP contribution in [0.1, 0.15) is 46.8 Å². The summed E-state index contributed by atoms with van der Waals surface area (Å²) >= 11 is 0. The zero-order valence-electron chi connectivity index (χ0n) is 13.0. The third-order valence-electron chi connectivity index (χ3n) is 3.66. The number of benzene rings is 2. The summed E-state index contributed by atoms with van der Waals surface area (Å²) in [5.74, 6) is 0.550. The molecule has 0 heterocycles. The molecule has 0 saturated carbocycles. The summed E-state index contributed by atoms with van der Waals surface area (Å²) in [4.78, 5) is 12.0. The second-order valence-electron chi connectivity index (χ2n) is 5.77. The molecule has 2 rings (SSSR count). The molecule has 1 amide bonds. The molecule has 2 heteroatoms. The van der Waals surface area contributed by atoms with Crippen molar-refractivity contribution in [3.05, 3.63) is 70.8 Å². The van der Waals surface area contributed by atoms with E-state index in [9.17, 15) is 4.79 Å². The average molecular weight is 281 g/mol. The minimum absolute atomic E-state index is 0.00574. The van der Waals surface area contributed by atoms with Crippen molar-refractivity contribution in [2.45, 2.75) is 33.1 Å². The lowest BCUT2D eigenvalue weighted by Gasteiger charge is -2.08. The number of rotatable bonds is 5. The highest BCUT2D eigenvalue weighted by atomic mass is 16.1. The summed E-state index contributed by atoms with van der Waals surface area (Å²) in [5, 5.41) is 2.97. The molecule has 110 valence electrons. The number of aryl methyl sites for hydroxylation is 1. The lowest BCUT2D eigenvalue weighted by atomic mass is 10.0. The average Bonchev–Trinajstić information content (AvgIpc) is 2.48. The molecule has 2 aromatic rings. The third-order valence-corrected chi connectivity index (χ3v) is 3.66. The fraction of sp³-hybridized carbons (Fsp3) is 0.316. The first-order valence-corrected chi connectivity index (χ1v) is 7.50.